The second-order valence-electron chi connectivity index (χ2n) is 10.1. The van der Waals surface area contributed by atoms with E-state index in [1.807, 2.05) is 36.7 Å². The topological polar surface area (TPSA) is 116 Å². The van der Waals surface area contributed by atoms with Crippen LogP contribution >= 0.6 is 0 Å². The summed E-state index contributed by atoms with van der Waals surface area (Å²) in [6.07, 6.45) is 2.26. The van der Waals surface area contributed by atoms with Crippen LogP contribution in [0.4, 0.5) is 20.2 Å². The van der Waals surface area contributed by atoms with Crippen LogP contribution < -0.4 is 15.2 Å². The summed E-state index contributed by atoms with van der Waals surface area (Å²) in [5.74, 6) is 0.937. The molecule has 0 amide bonds. The van der Waals surface area contributed by atoms with E-state index >= 15 is 0 Å². The number of nitrogens with zero attached hydrogens (tertiary/aromatic N) is 6. The number of anilines is 1. The van der Waals surface area contributed by atoms with Crippen molar-refractivity contribution >= 4 is 17.6 Å². The molecule has 0 bridgehead atoms. The van der Waals surface area contributed by atoms with E-state index in [0.717, 1.165) is 30.2 Å². The number of nitriles is 1. The molecule has 1 aliphatic rings. The van der Waals surface area contributed by atoms with Crippen molar-refractivity contribution in [2.45, 2.75) is 38.2 Å². The second kappa shape index (κ2) is 11.5. The molecule has 1 saturated carbocycles. The lowest BCUT2D eigenvalue weighted by Gasteiger charge is -2.19. The number of halogens is 2. The fourth-order valence-electron chi connectivity index (χ4n) is 4.86. The van der Waals surface area contributed by atoms with Gasteiger partial charge in [-0.1, -0.05) is 18.2 Å². The van der Waals surface area contributed by atoms with Gasteiger partial charge in [-0.25, -0.2) is 9.98 Å². The Bertz CT molecular complexity index is 1710. The van der Waals surface area contributed by atoms with Crippen LogP contribution in [-0.4, -0.2) is 38.3 Å². The highest BCUT2D eigenvalue weighted by Crippen LogP contribution is 2.47. The van der Waals surface area contributed by atoms with Crippen molar-refractivity contribution in [3.8, 4) is 40.3 Å². The summed E-state index contributed by atoms with van der Waals surface area (Å²) in [5, 5.41) is 13.7. The summed E-state index contributed by atoms with van der Waals surface area (Å²) < 4.78 is 43.5. The van der Waals surface area contributed by atoms with E-state index in [0.29, 0.717) is 46.5 Å². The number of hydrogen-bond acceptors (Lipinski definition) is 7. The molecule has 2 N–H and O–H groups in total. The number of nitrogen functional groups attached to an aromatic ring is 1. The lowest BCUT2D eigenvalue weighted by molar-refractivity contribution is -0.171. The van der Waals surface area contributed by atoms with E-state index in [2.05, 4.69) is 16.7 Å². The minimum Gasteiger partial charge on any atom is -0.475 e. The third kappa shape index (κ3) is 5.74. The van der Waals surface area contributed by atoms with Gasteiger partial charge in [0, 0.05) is 48.7 Å². The van der Waals surface area contributed by atoms with Crippen LogP contribution in [0.15, 0.2) is 60.2 Å². The fraction of sp³-hybridized carbons (Fsp3) is 0.290. The van der Waals surface area contributed by atoms with Crippen molar-refractivity contribution in [1.82, 2.24) is 19.3 Å². The lowest BCUT2D eigenvalue weighted by atomic mass is 10.0. The van der Waals surface area contributed by atoms with E-state index in [1.165, 1.54) is 6.07 Å². The van der Waals surface area contributed by atoms with Crippen LogP contribution in [0.25, 0.3) is 22.6 Å². The monoisotopic (exact) mass is 571 g/mol. The number of hydrogen-bond donors (Lipinski definition) is 1. The highest BCUT2D eigenvalue weighted by atomic mass is 19.3. The molecule has 0 atom stereocenters. The van der Waals surface area contributed by atoms with Crippen molar-refractivity contribution in [3.05, 3.63) is 72.1 Å². The van der Waals surface area contributed by atoms with Gasteiger partial charge in [-0.15, -0.1) is 11.7 Å². The van der Waals surface area contributed by atoms with Gasteiger partial charge < -0.3 is 19.8 Å². The zero-order valence-corrected chi connectivity index (χ0v) is 23.6. The molecule has 0 saturated heterocycles. The average Bonchev–Trinajstić information content (AvgIpc) is 3.64. The Morgan fingerprint density at radius 3 is 2.71 bits per heavy atom. The number of rotatable bonds is 11. The largest absolute Gasteiger partial charge is 0.475 e. The molecule has 0 aliphatic heterocycles. The van der Waals surface area contributed by atoms with E-state index in [9.17, 15) is 14.0 Å². The zero-order valence-electron chi connectivity index (χ0n) is 23.6. The van der Waals surface area contributed by atoms with E-state index in [4.69, 9.17) is 20.2 Å². The van der Waals surface area contributed by atoms with Crippen molar-refractivity contribution in [3.63, 3.8) is 0 Å². The molecule has 2 heterocycles. The first kappa shape index (κ1) is 28.5. The number of nitrogens with two attached hydrogens (primary N) is 1. The zero-order chi connectivity index (χ0) is 30.0. The minimum atomic E-state index is -3.51. The molecule has 0 unspecified atom stereocenters. The molecule has 0 radical (unpaired) electrons. The highest BCUT2D eigenvalue weighted by molar-refractivity contribution is 5.97. The summed E-state index contributed by atoms with van der Waals surface area (Å²) in [5.41, 5.74) is 11.1. The molecule has 11 heteroatoms. The molecule has 1 aliphatic carbocycles. The van der Waals surface area contributed by atoms with Gasteiger partial charge in [-0.2, -0.15) is 14.0 Å². The molecule has 5 rings (SSSR count). The summed E-state index contributed by atoms with van der Waals surface area (Å²) in [6.45, 7) is 5.71. The van der Waals surface area contributed by atoms with Crippen LogP contribution in [-0.2, 0) is 14.1 Å². The quantitative estimate of drug-likeness (QED) is 0.125. The van der Waals surface area contributed by atoms with Gasteiger partial charge in [0.05, 0.1) is 42.1 Å². The van der Waals surface area contributed by atoms with Crippen LogP contribution in [0.2, 0.25) is 0 Å². The van der Waals surface area contributed by atoms with Crippen molar-refractivity contribution in [1.29, 1.82) is 5.26 Å². The Morgan fingerprint density at radius 1 is 1.24 bits per heavy atom. The Labute approximate surface area is 242 Å². The van der Waals surface area contributed by atoms with Crippen molar-refractivity contribution in [2.24, 2.45) is 19.1 Å². The van der Waals surface area contributed by atoms with Crippen LogP contribution in [0.1, 0.15) is 48.9 Å². The molecule has 1 fully saturated rings. The second-order valence-corrected chi connectivity index (χ2v) is 10.1. The van der Waals surface area contributed by atoms with E-state index < -0.39 is 12.5 Å². The van der Waals surface area contributed by atoms with Gasteiger partial charge in [0.2, 0.25) is 0 Å². The number of aromatic nitrogens is 4. The third-order valence-corrected chi connectivity index (χ3v) is 6.88. The smallest absolute Gasteiger partial charge is 0.401 e. The number of aliphatic imine (C=N–C) groups is 1. The average molecular weight is 572 g/mol. The van der Waals surface area contributed by atoms with Gasteiger partial charge in [-0.05, 0) is 44.0 Å². The fourth-order valence-corrected chi connectivity index (χ4v) is 4.86. The maximum absolute atomic E-state index is 14.6. The lowest BCUT2D eigenvalue weighted by Crippen LogP contribution is -2.24. The molecular formula is C31H31F2N7O2. The molecule has 2 aromatic heterocycles. The molecule has 2 aromatic carbocycles. The number of alkyl halides is 2. The predicted molar refractivity (Wildman–Crippen MR) is 157 cm³/mol. The maximum Gasteiger partial charge on any atom is 0.401 e. The van der Waals surface area contributed by atoms with Crippen LogP contribution in [0, 0.1) is 11.3 Å². The summed E-state index contributed by atoms with van der Waals surface area (Å²) in [4.78, 5) is 9.63. The number of benzene rings is 2. The van der Waals surface area contributed by atoms with Crippen LogP contribution in [0.3, 0.4) is 0 Å². The Morgan fingerprint density at radius 2 is 2.02 bits per heavy atom. The summed E-state index contributed by atoms with van der Waals surface area (Å²) in [7, 11) is 3.64. The van der Waals surface area contributed by atoms with Gasteiger partial charge in [0.25, 0.3) is 5.88 Å². The standard InChI is InChI=1S/C31H31F2N7O2/c1-5-14-31(32,33)42-26-15-19(16-34)10-13-22(26)29-37-27(28(40(29)4)20-11-12-20)21-8-7-9-24(35)23(21)17-36-25-18-39(3)38-30(25)41-6-2/h5,7-10,13,15,17-18,20H,1,6,11-12,14,35H2,2-4H3. The molecule has 42 heavy (non-hydrogen) atoms. The number of ether oxygens (including phenoxy) is 2. The van der Waals surface area contributed by atoms with E-state index in [1.54, 1.807) is 42.3 Å². The third-order valence-electron chi connectivity index (χ3n) is 6.88. The van der Waals surface area contributed by atoms with E-state index in [-0.39, 0.29) is 17.2 Å². The first-order valence-corrected chi connectivity index (χ1v) is 13.5. The van der Waals surface area contributed by atoms with Gasteiger partial charge in [0.1, 0.15) is 17.3 Å². The highest BCUT2D eigenvalue weighted by Gasteiger charge is 2.35. The summed E-state index contributed by atoms with van der Waals surface area (Å²) in [6, 6.07) is 12.0. The Balaban J connectivity index is 1.65. The maximum atomic E-state index is 14.6. The molecule has 216 valence electrons. The Kier molecular flexibility index (Phi) is 7.81. The van der Waals surface area contributed by atoms with Gasteiger partial charge in [-0.3, -0.25) is 4.68 Å². The Hall–Kier alpha value is -4.98. The molecular weight excluding hydrogens is 540 g/mol. The van der Waals surface area contributed by atoms with Gasteiger partial charge >= 0.3 is 6.11 Å². The van der Waals surface area contributed by atoms with Gasteiger partial charge in [0.15, 0.2) is 0 Å². The van der Waals surface area contributed by atoms with Crippen molar-refractivity contribution < 1.29 is 18.3 Å². The predicted octanol–water partition coefficient (Wildman–Crippen LogP) is 6.52. The number of aryl methyl sites for hydroxylation is 1. The van der Waals surface area contributed by atoms with Crippen molar-refractivity contribution in [2.75, 3.05) is 12.3 Å². The van der Waals surface area contributed by atoms with Crippen LogP contribution in [0.5, 0.6) is 11.6 Å². The first-order chi connectivity index (χ1) is 20.2. The summed E-state index contributed by atoms with van der Waals surface area (Å²) >= 11 is 0. The SMILES string of the molecule is C=CCC(F)(F)Oc1cc(C#N)ccc1-c1nc(-c2cccc(N)c2C=Nc2cn(C)nc2OCC)c(C2CC2)n1C. The molecule has 4 aromatic rings. The molecule has 9 nitrogen and oxygen atoms in total. The first-order valence-electron chi connectivity index (χ1n) is 13.5. The normalized spacial score (nSPS) is 13.3. The molecule has 0 spiro atoms. The minimum absolute atomic E-state index is 0.141. The number of imidazole rings is 1.